The van der Waals surface area contributed by atoms with Crippen molar-refractivity contribution >= 4 is 0 Å². The third-order valence-electron chi connectivity index (χ3n) is 2.18. The number of dihydropyridines is 1. The first-order valence-corrected chi connectivity index (χ1v) is 4.64. The summed E-state index contributed by atoms with van der Waals surface area (Å²) in [6.45, 7) is 9.63. The van der Waals surface area contributed by atoms with Gasteiger partial charge in [0.15, 0.2) is 0 Å². The van der Waals surface area contributed by atoms with Crippen molar-refractivity contribution < 1.29 is 0 Å². The SMILES string of the molecule is CCN(CC)C1=CC=C(C)CN1. The summed E-state index contributed by atoms with van der Waals surface area (Å²) in [6.07, 6.45) is 4.34. The first-order chi connectivity index (χ1) is 5.77. The molecule has 0 atom stereocenters. The summed E-state index contributed by atoms with van der Waals surface area (Å²) in [5, 5.41) is 3.39. The van der Waals surface area contributed by atoms with Crippen LogP contribution < -0.4 is 5.32 Å². The highest BCUT2D eigenvalue weighted by molar-refractivity contribution is 5.21. The van der Waals surface area contributed by atoms with Crippen LogP contribution in [0.15, 0.2) is 23.5 Å². The van der Waals surface area contributed by atoms with Crippen molar-refractivity contribution in [1.82, 2.24) is 10.2 Å². The Morgan fingerprint density at radius 3 is 2.42 bits per heavy atom. The average Bonchev–Trinajstić information content (AvgIpc) is 2.10. The van der Waals surface area contributed by atoms with Gasteiger partial charge in [-0.2, -0.15) is 0 Å². The molecule has 2 nitrogen and oxygen atoms in total. The molecule has 0 radical (unpaired) electrons. The molecular formula is C10H18N2. The van der Waals surface area contributed by atoms with Gasteiger partial charge in [-0.25, -0.2) is 0 Å². The van der Waals surface area contributed by atoms with E-state index < -0.39 is 0 Å². The summed E-state index contributed by atoms with van der Waals surface area (Å²) in [7, 11) is 0. The van der Waals surface area contributed by atoms with Crippen LogP contribution in [0.2, 0.25) is 0 Å². The largest absolute Gasteiger partial charge is 0.368 e. The van der Waals surface area contributed by atoms with Gasteiger partial charge in [-0.1, -0.05) is 11.6 Å². The molecule has 0 unspecified atom stereocenters. The van der Waals surface area contributed by atoms with Crippen molar-refractivity contribution in [3.05, 3.63) is 23.5 Å². The first-order valence-electron chi connectivity index (χ1n) is 4.64. The maximum Gasteiger partial charge on any atom is 0.101 e. The van der Waals surface area contributed by atoms with Crippen LogP contribution in [0, 0.1) is 0 Å². The van der Waals surface area contributed by atoms with Gasteiger partial charge in [0.25, 0.3) is 0 Å². The zero-order chi connectivity index (χ0) is 8.97. The van der Waals surface area contributed by atoms with E-state index in [1.54, 1.807) is 0 Å². The second-order valence-electron chi connectivity index (χ2n) is 3.09. The Balaban J connectivity index is 2.63. The van der Waals surface area contributed by atoms with Crippen molar-refractivity contribution in [2.45, 2.75) is 20.8 Å². The number of hydrogen-bond donors (Lipinski definition) is 1. The van der Waals surface area contributed by atoms with Crippen LogP contribution >= 0.6 is 0 Å². The van der Waals surface area contributed by atoms with E-state index in [1.165, 1.54) is 11.4 Å². The number of nitrogens with zero attached hydrogens (tertiary/aromatic N) is 1. The lowest BCUT2D eigenvalue weighted by molar-refractivity contribution is 0.354. The summed E-state index contributed by atoms with van der Waals surface area (Å²) in [6, 6.07) is 0. The molecule has 1 N–H and O–H groups in total. The molecule has 1 aliphatic heterocycles. The van der Waals surface area contributed by atoms with Gasteiger partial charge in [-0.3, -0.25) is 0 Å². The molecule has 0 aromatic rings. The van der Waals surface area contributed by atoms with Crippen molar-refractivity contribution in [3.8, 4) is 0 Å². The number of rotatable bonds is 3. The van der Waals surface area contributed by atoms with E-state index in [4.69, 9.17) is 0 Å². The quantitative estimate of drug-likeness (QED) is 0.686. The molecule has 0 saturated carbocycles. The Bertz CT molecular complexity index is 200. The highest BCUT2D eigenvalue weighted by Gasteiger charge is 2.06. The molecular weight excluding hydrogens is 148 g/mol. The van der Waals surface area contributed by atoms with Gasteiger partial charge in [-0.05, 0) is 26.8 Å². The van der Waals surface area contributed by atoms with Gasteiger partial charge in [0.1, 0.15) is 5.82 Å². The minimum atomic E-state index is 0.988. The molecule has 0 saturated heterocycles. The number of hydrogen-bond acceptors (Lipinski definition) is 2. The molecule has 0 fully saturated rings. The molecule has 2 heteroatoms. The number of nitrogens with one attached hydrogen (secondary N) is 1. The van der Waals surface area contributed by atoms with Crippen molar-refractivity contribution in [2.24, 2.45) is 0 Å². The fourth-order valence-corrected chi connectivity index (χ4v) is 1.35. The smallest absolute Gasteiger partial charge is 0.101 e. The molecule has 0 aromatic carbocycles. The molecule has 0 aromatic heterocycles. The molecule has 1 rings (SSSR count). The van der Waals surface area contributed by atoms with Gasteiger partial charge >= 0.3 is 0 Å². The second kappa shape index (κ2) is 4.19. The molecule has 0 spiro atoms. The predicted molar refractivity (Wildman–Crippen MR) is 52.8 cm³/mol. The maximum absolute atomic E-state index is 3.39. The van der Waals surface area contributed by atoms with Crippen LogP contribution in [0.5, 0.6) is 0 Å². The Morgan fingerprint density at radius 1 is 1.33 bits per heavy atom. The Morgan fingerprint density at radius 2 is 2.00 bits per heavy atom. The minimum absolute atomic E-state index is 0.988. The van der Waals surface area contributed by atoms with E-state index >= 15 is 0 Å². The van der Waals surface area contributed by atoms with Crippen LogP contribution in [0.4, 0.5) is 0 Å². The summed E-state index contributed by atoms with van der Waals surface area (Å²) < 4.78 is 0. The minimum Gasteiger partial charge on any atom is -0.368 e. The highest BCUT2D eigenvalue weighted by Crippen LogP contribution is 2.07. The lowest BCUT2D eigenvalue weighted by Gasteiger charge is -2.27. The lowest BCUT2D eigenvalue weighted by atomic mass is 10.2. The van der Waals surface area contributed by atoms with Crippen molar-refractivity contribution in [2.75, 3.05) is 19.6 Å². The van der Waals surface area contributed by atoms with Gasteiger partial charge in [0.05, 0.1) is 0 Å². The summed E-state index contributed by atoms with van der Waals surface area (Å²) in [4.78, 5) is 2.32. The first kappa shape index (κ1) is 9.17. The highest BCUT2D eigenvalue weighted by atomic mass is 15.2. The van der Waals surface area contributed by atoms with Crippen LogP contribution in [0.25, 0.3) is 0 Å². The van der Waals surface area contributed by atoms with E-state index in [0.717, 1.165) is 19.6 Å². The fraction of sp³-hybridized carbons (Fsp3) is 0.600. The monoisotopic (exact) mass is 166 g/mol. The molecule has 1 aliphatic rings. The van der Waals surface area contributed by atoms with E-state index in [1.807, 2.05) is 0 Å². The molecule has 1 heterocycles. The zero-order valence-corrected chi connectivity index (χ0v) is 8.22. The molecule has 68 valence electrons. The molecule has 0 amide bonds. The normalized spacial score (nSPS) is 16.2. The number of allylic oxidation sites excluding steroid dienone is 2. The van der Waals surface area contributed by atoms with Gasteiger partial charge in [0.2, 0.25) is 0 Å². The van der Waals surface area contributed by atoms with Gasteiger partial charge in [-0.15, -0.1) is 0 Å². The van der Waals surface area contributed by atoms with Gasteiger partial charge < -0.3 is 10.2 Å². The van der Waals surface area contributed by atoms with Crippen LogP contribution in [0.3, 0.4) is 0 Å². The Labute approximate surface area is 74.9 Å². The fourth-order valence-electron chi connectivity index (χ4n) is 1.35. The maximum atomic E-state index is 3.39. The van der Waals surface area contributed by atoms with Crippen LogP contribution in [-0.2, 0) is 0 Å². The van der Waals surface area contributed by atoms with E-state index in [2.05, 4.69) is 43.1 Å². The summed E-state index contributed by atoms with van der Waals surface area (Å²) in [5.41, 5.74) is 1.39. The molecule has 0 aliphatic carbocycles. The molecule has 12 heavy (non-hydrogen) atoms. The van der Waals surface area contributed by atoms with E-state index in [-0.39, 0.29) is 0 Å². The average molecular weight is 166 g/mol. The third-order valence-corrected chi connectivity index (χ3v) is 2.18. The predicted octanol–water partition coefficient (Wildman–Crippen LogP) is 1.72. The zero-order valence-electron chi connectivity index (χ0n) is 8.22. The van der Waals surface area contributed by atoms with E-state index in [9.17, 15) is 0 Å². The third kappa shape index (κ3) is 2.03. The van der Waals surface area contributed by atoms with Crippen molar-refractivity contribution in [3.63, 3.8) is 0 Å². The van der Waals surface area contributed by atoms with Crippen LogP contribution in [-0.4, -0.2) is 24.5 Å². The van der Waals surface area contributed by atoms with E-state index in [0.29, 0.717) is 0 Å². The standard InChI is InChI=1S/C10H18N2/c1-4-12(5-2)10-7-6-9(3)8-11-10/h6-7,11H,4-5,8H2,1-3H3. The van der Waals surface area contributed by atoms with Crippen LogP contribution in [0.1, 0.15) is 20.8 Å². The topological polar surface area (TPSA) is 15.3 Å². The summed E-state index contributed by atoms with van der Waals surface area (Å²) in [5.74, 6) is 1.26. The van der Waals surface area contributed by atoms with Gasteiger partial charge in [0, 0.05) is 19.6 Å². The Hall–Kier alpha value is -0.920. The lowest BCUT2D eigenvalue weighted by Crippen LogP contribution is -2.33. The second-order valence-corrected chi connectivity index (χ2v) is 3.09. The summed E-state index contributed by atoms with van der Waals surface area (Å²) >= 11 is 0. The molecule has 0 bridgehead atoms. The van der Waals surface area contributed by atoms with Crippen molar-refractivity contribution in [1.29, 1.82) is 0 Å². The Kier molecular flexibility index (Phi) is 3.20.